The van der Waals surface area contributed by atoms with E-state index in [1.807, 2.05) is 0 Å². The molecule has 9 nitrogen and oxygen atoms in total. The fourth-order valence-corrected chi connectivity index (χ4v) is 8.25. The first-order chi connectivity index (χ1) is 23.4. The molecular weight excluding hydrogens is 657 g/mol. The Balaban J connectivity index is 1.51. The molecule has 0 unspecified atom stereocenters. The predicted molar refractivity (Wildman–Crippen MR) is 179 cm³/mol. The molecule has 0 spiro atoms. The van der Waals surface area contributed by atoms with Crippen LogP contribution in [0.5, 0.6) is 0 Å². The normalized spacial score (nSPS) is 17.4. The number of ether oxygens (including phenoxy) is 1. The fraction of sp³-hybridized carbons (Fsp3) is 0.278. The molecule has 4 aromatic carbocycles. The zero-order valence-electron chi connectivity index (χ0n) is 26.9. The second-order valence-electron chi connectivity index (χ2n) is 11.8. The summed E-state index contributed by atoms with van der Waals surface area (Å²) >= 11 is 0. The molecule has 1 fully saturated rings. The number of benzene rings is 4. The third-order valence-electron chi connectivity index (χ3n) is 8.63. The Labute approximate surface area is 283 Å². The van der Waals surface area contributed by atoms with E-state index in [2.05, 4.69) is 5.32 Å². The van der Waals surface area contributed by atoms with Gasteiger partial charge in [0.15, 0.2) is 0 Å². The van der Waals surface area contributed by atoms with E-state index in [1.54, 1.807) is 25.1 Å². The van der Waals surface area contributed by atoms with Gasteiger partial charge in [0.2, 0.25) is 10.0 Å². The van der Waals surface area contributed by atoms with Crippen molar-refractivity contribution in [2.24, 2.45) is 5.73 Å². The Morgan fingerprint density at radius 3 is 2.12 bits per heavy atom. The van der Waals surface area contributed by atoms with Gasteiger partial charge in [0.25, 0.3) is 5.91 Å². The van der Waals surface area contributed by atoms with Crippen LogP contribution in [0.2, 0.25) is 0 Å². The number of nitrogens with two attached hydrogens (primary N) is 1. The Bertz CT molecular complexity index is 1870. The lowest BCUT2D eigenvalue weighted by Crippen LogP contribution is -2.58. The van der Waals surface area contributed by atoms with Crippen molar-refractivity contribution in [1.82, 2.24) is 9.62 Å². The van der Waals surface area contributed by atoms with E-state index in [0.717, 1.165) is 19.2 Å². The second-order valence-corrected chi connectivity index (χ2v) is 13.7. The van der Waals surface area contributed by atoms with Crippen LogP contribution in [0.3, 0.4) is 0 Å². The van der Waals surface area contributed by atoms with E-state index in [9.17, 15) is 26.8 Å². The van der Waals surface area contributed by atoms with Gasteiger partial charge >= 0.3 is 6.09 Å². The third-order valence-corrected chi connectivity index (χ3v) is 10.7. The van der Waals surface area contributed by atoms with Gasteiger partial charge in [0.1, 0.15) is 17.5 Å². The summed E-state index contributed by atoms with van der Waals surface area (Å²) in [6.45, 7) is 2.47. The van der Waals surface area contributed by atoms with Crippen LogP contribution in [0, 0.1) is 17.5 Å². The van der Waals surface area contributed by atoms with Crippen LogP contribution in [0.4, 0.5) is 23.7 Å². The molecule has 49 heavy (non-hydrogen) atoms. The zero-order chi connectivity index (χ0) is 35.3. The summed E-state index contributed by atoms with van der Waals surface area (Å²) in [6.07, 6.45) is -1.11. The standard InChI is InChI=1S/C36H37F3N4O5S/c1-23-21-41-22-28(43(23)49(46,47)29-13-4-3-5-14-29)17-18-30-31(39)15-8-16-32(30)42(36(45)48-2)35(44)34(40)33(24-9-6-11-26(37)19-24)25-10-7-12-27(38)20-25/h3-16,19-20,23,28,33-34,41H,17-18,21-22,40H2,1-2H3/t23-,28+,34+/m1/s1. The molecule has 1 aliphatic heterocycles. The summed E-state index contributed by atoms with van der Waals surface area (Å²) < 4.78 is 78.3. The van der Waals surface area contributed by atoms with Gasteiger partial charge in [-0.1, -0.05) is 48.5 Å². The fourth-order valence-electron chi connectivity index (χ4n) is 6.39. The predicted octanol–water partition coefficient (Wildman–Crippen LogP) is 5.35. The van der Waals surface area contributed by atoms with Gasteiger partial charge in [0, 0.05) is 36.7 Å². The first-order valence-electron chi connectivity index (χ1n) is 15.7. The number of rotatable bonds is 10. The number of amides is 2. The van der Waals surface area contributed by atoms with Gasteiger partial charge in [-0.3, -0.25) is 4.79 Å². The van der Waals surface area contributed by atoms with Crippen molar-refractivity contribution in [3.8, 4) is 0 Å². The number of carbonyl (C=O) groups is 2. The number of nitrogens with one attached hydrogen (secondary N) is 1. The first kappa shape index (κ1) is 35.7. The van der Waals surface area contributed by atoms with Crippen LogP contribution >= 0.6 is 0 Å². The van der Waals surface area contributed by atoms with Gasteiger partial charge < -0.3 is 15.8 Å². The van der Waals surface area contributed by atoms with Gasteiger partial charge in [0.05, 0.1) is 23.7 Å². The number of carbonyl (C=O) groups excluding carboxylic acids is 2. The molecule has 13 heteroatoms. The number of halogens is 3. The number of nitrogens with zero attached hydrogens (tertiary/aromatic N) is 2. The molecule has 0 bridgehead atoms. The van der Waals surface area contributed by atoms with Crippen LogP contribution in [-0.2, 0) is 26.0 Å². The maximum atomic E-state index is 15.7. The molecule has 2 amide bonds. The highest BCUT2D eigenvalue weighted by Crippen LogP contribution is 2.33. The van der Waals surface area contributed by atoms with E-state index in [1.165, 1.54) is 71.0 Å². The van der Waals surface area contributed by atoms with E-state index < -0.39 is 63.5 Å². The van der Waals surface area contributed by atoms with E-state index in [0.29, 0.717) is 11.4 Å². The van der Waals surface area contributed by atoms with Crippen LogP contribution in [-0.4, -0.2) is 63.0 Å². The quantitative estimate of drug-likeness (QED) is 0.230. The van der Waals surface area contributed by atoms with Crippen molar-refractivity contribution >= 4 is 27.7 Å². The minimum absolute atomic E-state index is 0.0446. The number of hydrogen-bond acceptors (Lipinski definition) is 7. The molecule has 1 aliphatic rings. The van der Waals surface area contributed by atoms with Crippen LogP contribution in [0.1, 0.15) is 36.0 Å². The zero-order valence-corrected chi connectivity index (χ0v) is 27.7. The minimum atomic E-state index is -3.92. The summed E-state index contributed by atoms with van der Waals surface area (Å²) in [6, 6.07) is 19.9. The molecular formula is C36H37F3N4O5S. The Morgan fingerprint density at radius 1 is 0.918 bits per heavy atom. The van der Waals surface area contributed by atoms with E-state index in [4.69, 9.17) is 10.5 Å². The van der Waals surface area contributed by atoms with E-state index in [-0.39, 0.29) is 46.7 Å². The Morgan fingerprint density at radius 2 is 1.53 bits per heavy atom. The number of methoxy groups -OCH3 is 1. The second kappa shape index (κ2) is 15.3. The maximum Gasteiger partial charge on any atom is 0.420 e. The number of anilines is 1. The first-order valence-corrected chi connectivity index (χ1v) is 17.1. The topological polar surface area (TPSA) is 122 Å². The average molecular weight is 695 g/mol. The minimum Gasteiger partial charge on any atom is -0.452 e. The van der Waals surface area contributed by atoms with Gasteiger partial charge in [-0.25, -0.2) is 31.3 Å². The number of imide groups is 1. The number of hydrogen-bond donors (Lipinski definition) is 2. The third kappa shape index (κ3) is 7.70. The Kier molecular flexibility index (Phi) is 11.2. The van der Waals surface area contributed by atoms with Crippen molar-refractivity contribution < 1.29 is 35.9 Å². The lowest BCUT2D eigenvalue weighted by Gasteiger charge is -2.40. The average Bonchev–Trinajstić information content (AvgIpc) is 3.08. The molecule has 3 atom stereocenters. The van der Waals surface area contributed by atoms with Crippen molar-refractivity contribution in [3.05, 3.63) is 131 Å². The highest BCUT2D eigenvalue weighted by atomic mass is 32.2. The lowest BCUT2D eigenvalue weighted by molar-refractivity contribution is -0.119. The maximum absolute atomic E-state index is 15.7. The number of sulfonamides is 1. The lowest BCUT2D eigenvalue weighted by atomic mass is 9.84. The molecule has 258 valence electrons. The number of piperazine rings is 1. The molecule has 3 N–H and O–H groups in total. The summed E-state index contributed by atoms with van der Waals surface area (Å²) in [5.74, 6) is -4.11. The molecule has 1 saturated heterocycles. The molecule has 0 aromatic heterocycles. The smallest absolute Gasteiger partial charge is 0.420 e. The summed E-state index contributed by atoms with van der Waals surface area (Å²) in [7, 11) is -2.87. The molecule has 4 aromatic rings. The largest absolute Gasteiger partial charge is 0.452 e. The van der Waals surface area contributed by atoms with Crippen LogP contribution < -0.4 is 16.0 Å². The van der Waals surface area contributed by atoms with E-state index >= 15 is 4.39 Å². The molecule has 0 radical (unpaired) electrons. The Hall–Kier alpha value is -4.56. The summed E-state index contributed by atoms with van der Waals surface area (Å²) in [5.41, 5.74) is 6.84. The highest BCUT2D eigenvalue weighted by molar-refractivity contribution is 7.89. The van der Waals surface area contributed by atoms with Gasteiger partial charge in [-0.05, 0) is 79.4 Å². The summed E-state index contributed by atoms with van der Waals surface area (Å²) in [4.78, 5) is 28.3. The molecule has 0 aliphatic carbocycles. The van der Waals surface area contributed by atoms with Crippen molar-refractivity contribution in [2.45, 2.75) is 48.7 Å². The molecule has 0 saturated carbocycles. The van der Waals surface area contributed by atoms with Crippen molar-refractivity contribution in [1.29, 1.82) is 0 Å². The van der Waals surface area contributed by atoms with Crippen LogP contribution in [0.25, 0.3) is 0 Å². The monoisotopic (exact) mass is 694 g/mol. The van der Waals surface area contributed by atoms with Gasteiger partial charge in [-0.15, -0.1) is 0 Å². The van der Waals surface area contributed by atoms with Crippen LogP contribution in [0.15, 0.2) is 102 Å². The SMILES string of the molecule is COC(=O)N(C(=O)[C@@H](N)C(c1cccc(F)c1)c1cccc(F)c1)c1cccc(F)c1CC[C@H]1CNC[C@@H](C)N1S(=O)(=O)c1ccccc1. The molecule has 1 heterocycles. The highest BCUT2D eigenvalue weighted by Gasteiger charge is 2.39. The van der Waals surface area contributed by atoms with Gasteiger partial charge in [-0.2, -0.15) is 4.31 Å². The van der Waals surface area contributed by atoms with Crippen molar-refractivity contribution in [2.75, 3.05) is 25.1 Å². The molecule has 5 rings (SSSR count). The summed E-state index contributed by atoms with van der Waals surface area (Å²) in [5, 5.41) is 3.23. The van der Waals surface area contributed by atoms with Crippen molar-refractivity contribution in [3.63, 3.8) is 0 Å².